The minimum atomic E-state index is -0.354. The predicted molar refractivity (Wildman–Crippen MR) is 72.4 cm³/mol. The Balaban J connectivity index is 1.85. The average molecular weight is 314 g/mol. The van der Waals surface area contributed by atoms with E-state index in [4.69, 9.17) is 15.2 Å². The predicted octanol–water partition coefficient (Wildman–Crippen LogP) is 2.76. The van der Waals surface area contributed by atoms with Gasteiger partial charge in [-0.1, -0.05) is 0 Å². The summed E-state index contributed by atoms with van der Waals surface area (Å²) in [6, 6.07) is 5.08. The maximum absolute atomic E-state index is 11.8. The molecule has 1 aliphatic rings. The van der Waals surface area contributed by atoms with Gasteiger partial charge >= 0.3 is 5.97 Å². The molecule has 4 nitrogen and oxygen atoms in total. The lowest BCUT2D eigenvalue weighted by atomic mass is 10.2. The molecule has 1 unspecified atom stereocenters. The number of hydrogen-bond acceptors (Lipinski definition) is 4. The van der Waals surface area contributed by atoms with Gasteiger partial charge in [-0.2, -0.15) is 0 Å². The normalized spacial score (nSPS) is 18.8. The summed E-state index contributed by atoms with van der Waals surface area (Å²) in [6.07, 6.45) is 3.15. The van der Waals surface area contributed by atoms with E-state index in [9.17, 15) is 4.79 Å². The van der Waals surface area contributed by atoms with E-state index in [-0.39, 0.29) is 12.1 Å². The first-order chi connectivity index (χ1) is 8.66. The Morgan fingerprint density at radius 2 is 2.39 bits per heavy atom. The third-order valence-electron chi connectivity index (χ3n) is 2.91. The maximum atomic E-state index is 11.8. The Labute approximate surface area is 115 Å². The molecule has 18 heavy (non-hydrogen) atoms. The van der Waals surface area contributed by atoms with Gasteiger partial charge < -0.3 is 15.2 Å². The van der Waals surface area contributed by atoms with Gasteiger partial charge in [0.05, 0.1) is 18.3 Å². The Morgan fingerprint density at radius 1 is 1.56 bits per heavy atom. The fraction of sp³-hybridized carbons (Fsp3) is 0.462. The van der Waals surface area contributed by atoms with Crippen LogP contribution >= 0.6 is 15.9 Å². The van der Waals surface area contributed by atoms with Crippen LogP contribution in [0.1, 0.15) is 29.6 Å². The van der Waals surface area contributed by atoms with E-state index in [0.29, 0.717) is 22.3 Å². The summed E-state index contributed by atoms with van der Waals surface area (Å²) >= 11 is 3.31. The number of ether oxygens (including phenoxy) is 2. The van der Waals surface area contributed by atoms with E-state index in [2.05, 4.69) is 15.9 Å². The van der Waals surface area contributed by atoms with Crippen molar-refractivity contribution in [3.63, 3.8) is 0 Å². The molecule has 1 saturated heterocycles. The third-order valence-corrected chi connectivity index (χ3v) is 3.60. The summed E-state index contributed by atoms with van der Waals surface area (Å²) in [5.74, 6) is -0.354. The second-order valence-corrected chi connectivity index (χ2v) is 5.15. The van der Waals surface area contributed by atoms with Crippen molar-refractivity contribution >= 4 is 27.6 Å². The quantitative estimate of drug-likeness (QED) is 0.686. The summed E-state index contributed by atoms with van der Waals surface area (Å²) in [6.45, 7) is 1.20. The molecule has 98 valence electrons. The van der Waals surface area contributed by atoms with Gasteiger partial charge in [-0.05, 0) is 47.0 Å². The fourth-order valence-corrected chi connectivity index (χ4v) is 2.34. The molecule has 2 rings (SSSR count). The van der Waals surface area contributed by atoms with Crippen LogP contribution in [-0.2, 0) is 9.47 Å². The Kier molecular flexibility index (Phi) is 4.60. The summed E-state index contributed by atoms with van der Waals surface area (Å²) in [5.41, 5.74) is 6.65. The molecular formula is C13H16BrNO3. The monoisotopic (exact) mass is 313 g/mol. The molecule has 1 aromatic rings. The number of anilines is 1. The number of hydrogen-bond donors (Lipinski definition) is 1. The lowest BCUT2D eigenvalue weighted by molar-refractivity contribution is 0.0385. The van der Waals surface area contributed by atoms with Crippen LogP contribution in [0.15, 0.2) is 22.7 Å². The number of rotatable bonds is 4. The third kappa shape index (κ3) is 3.46. The van der Waals surface area contributed by atoms with Crippen LogP contribution in [-0.4, -0.2) is 25.3 Å². The molecule has 0 aromatic heterocycles. The van der Waals surface area contributed by atoms with Crippen LogP contribution in [0.2, 0.25) is 0 Å². The van der Waals surface area contributed by atoms with Gasteiger partial charge in [-0.15, -0.1) is 0 Å². The van der Waals surface area contributed by atoms with E-state index in [1.807, 2.05) is 0 Å². The molecule has 2 N–H and O–H groups in total. The van der Waals surface area contributed by atoms with Crippen LogP contribution in [0.3, 0.4) is 0 Å². The van der Waals surface area contributed by atoms with Crippen LogP contribution in [0.25, 0.3) is 0 Å². The van der Waals surface area contributed by atoms with Crippen molar-refractivity contribution in [2.45, 2.75) is 25.4 Å². The van der Waals surface area contributed by atoms with Crippen LogP contribution < -0.4 is 5.73 Å². The molecule has 5 heteroatoms. The van der Waals surface area contributed by atoms with Crippen molar-refractivity contribution in [1.82, 2.24) is 0 Å². The van der Waals surface area contributed by atoms with Crippen molar-refractivity contribution in [3.8, 4) is 0 Å². The minimum Gasteiger partial charge on any atom is -0.462 e. The standard InChI is InChI=1S/C13H16BrNO3/c14-12-4-3-9(15)8-11(12)13(16)18-7-5-10-2-1-6-17-10/h3-4,8,10H,1-2,5-7,15H2. The molecule has 1 atom stereocenters. The van der Waals surface area contributed by atoms with Crippen molar-refractivity contribution < 1.29 is 14.3 Å². The van der Waals surface area contributed by atoms with Crippen molar-refractivity contribution in [2.24, 2.45) is 0 Å². The van der Waals surface area contributed by atoms with E-state index >= 15 is 0 Å². The average Bonchev–Trinajstić information content (AvgIpc) is 2.85. The highest BCUT2D eigenvalue weighted by atomic mass is 79.9. The van der Waals surface area contributed by atoms with Gasteiger partial charge in [-0.3, -0.25) is 0 Å². The van der Waals surface area contributed by atoms with Crippen LogP contribution in [0.4, 0.5) is 5.69 Å². The zero-order valence-electron chi connectivity index (χ0n) is 10.0. The molecule has 0 spiro atoms. The molecule has 0 aliphatic carbocycles. The summed E-state index contributed by atoms with van der Waals surface area (Å²) in [5, 5.41) is 0. The Hall–Kier alpha value is -1.07. The van der Waals surface area contributed by atoms with Crippen molar-refractivity contribution in [3.05, 3.63) is 28.2 Å². The Morgan fingerprint density at radius 3 is 3.11 bits per heavy atom. The number of carbonyl (C=O) groups excluding carboxylic acids is 1. The zero-order valence-corrected chi connectivity index (χ0v) is 11.6. The number of halogens is 1. The van der Waals surface area contributed by atoms with Crippen LogP contribution in [0, 0.1) is 0 Å². The summed E-state index contributed by atoms with van der Waals surface area (Å²) in [7, 11) is 0. The van der Waals surface area contributed by atoms with Gasteiger partial charge in [0, 0.05) is 23.2 Å². The molecule has 0 radical (unpaired) electrons. The van der Waals surface area contributed by atoms with E-state index in [1.54, 1.807) is 18.2 Å². The largest absolute Gasteiger partial charge is 0.462 e. The summed E-state index contributed by atoms with van der Waals surface area (Å²) in [4.78, 5) is 11.8. The summed E-state index contributed by atoms with van der Waals surface area (Å²) < 4.78 is 11.4. The minimum absolute atomic E-state index is 0.238. The van der Waals surface area contributed by atoms with E-state index in [0.717, 1.165) is 25.9 Å². The first-order valence-corrected chi connectivity index (χ1v) is 6.80. The molecule has 0 bridgehead atoms. The van der Waals surface area contributed by atoms with E-state index in [1.165, 1.54) is 0 Å². The molecular weight excluding hydrogens is 298 g/mol. The van der Waals surface area contributed by atoms with Crippen LogP contribution in [0.5, 0.6) is 0 Å². The lowest BCUT2D eigenvalue weighted by Crippen LogP contribution is -2.13. The number of carbonyl (C=O) groups is 1. The Bertz CT molecular complexity index is 430. The second-order valence-electron chi connectivity index (χ2n) is 4.30. The van der Waals surface area contributed by atoms with Gasteiger partial charge in [0.15, 0.2) is 0 Å². The smallest absolute Gasteiger partial charge is 0.339 e. The molecule has 1 heterocycles. The lowest BCUT2D eigenvalue weighted by Gasteiger charge is -2.10. The topological polar surface area (TPSA) is 61.6 Å². The second kappa shape index (κ2) is 6.20. The number of esters is 1. The number of benzene rings is 1. The first kappa shape index (κ1) is 13.4. The zero-order chi connectivity index (χ0) is 13.0. The van der Waals surface area contributed by atoms with Gasteiger partial charge in [0.25, 0.3) is 0 Å². The van der Waals surface area contributed by atoms with Crippen molar-refractivity contribution in [1.29, 1.82) is 0 Å². The molecule has 0 saturated carbocycles. The van der Waals surface area contributed by atoms with Gasteiger partial charge in [0.1, 0.15) is 0 Å². The van der Waals surface area contributed by atoms with Crippen molar-refractivity contribution in [2.75, 3.05) is 18.9 Å². The fourth-order valence-electron chi connectivity index (χ4n) is 1.93. The van der Waals surface area contributed by atoms with Gasteiger partial charge in [-0.25, -0.2) is 4.79 Å². The first-order valence-electron chi connectivity index (χ1n) is 6.00. The van der Waals surface area contributed by atoms with E-state index < -0.39 is 0 Å². The number of nitrogen functional groups attached to an aromatic ring is 1. The van der Waals surface area contributed by atoms with Gasteiger partial charge in [0.2, 0.25) is 0 Å². The maximum Gasteiger partial charge on any atom is 0.339 e. The molecule has 0 amide bonds. The SMILES string of the molecule is Nc1ccc(Br)c(C(=O)OCCC2CCCO2)c1. The number of nitrogens with two attached hydrogens (primary N) is 1. The molecule has 1 aromatic carbocycles. The highest BCUT2D eigenvalue weighted by molar-refractivity contribution is 9.10. The highest BCUT2D eigenvalue weighted by Gasteiger charge is 2.17. The molecule has 1 fully saturated rings. The molecule has 1 aliphatic heterocycles. The highest BCUT2D eigenvalue weighted by Crippen LogP contribution is 2.21.